The van der Waals surface area contributed by atoms with Crippen LogP contribution in [0.15, 0.2) is 24.5 Å². The van der Waals surface area contributed by atoms with Crippen LogP contribution in [-0.2, 0) is 0 Å². The summed E-state index contributed by atoms with van der Waals surface area (Å²) in [4.78, 5) is 9.29. The normalized spacial score (nSPS) is 22.1. The van der Waals surface area contributed by atoms with Gasteiger partial charge in [-0.25, -0.2) is 0 Å². The van der Waals surface area contributed by atoms with E-state index < -0.39 is 0 Å². The number of aromatic nitrogens is 1. The van der Waals surface area contributed by atoms with Crippen molar-refractivity contribution in [1.82, 2.24) is 20.1 Å². The highest BCUT2D eigenvalue weighted by Gasteiger charge is 2.26. The second kappa shape index (κ2) is 7.72. The third kappa shape index (κ3) is 4.01. The molecule has 1 aromatic heterocycles. The zero-order chi connectivity index (χ0) is 14.4. The van der Waals surface area contributed by atoms with Crippen molar-refractivity contribution >= 4 is 0 Å². The largest absolute Gasteiger partial charge is 0.312 e. The third-order valence-electron chi connectivity index (χ3n) is 4.26. The van der Waals surface area contributed by atoms with Crippen LogP contribution in [0.5, 0.6) is 0 Å². The molecule has 0 spiro atoms. The molecule has 2 heterocycles. The van der Waals surface area contributed by atoms with E-state index in [0.29, 0.717) is 12.1 Å². The van der Waals surface area contributed by atoms with Crippen LogP contribution in [-0.4, -0.2) is 60.1 Å². The predicted octanol–water partition coefficient (Wildman–Crippen LogP) is 1.76. The quantitative estimate of drug-likeness (QED) is 0.858. The van der Waals surface area contributed by atoms with Crippen LogP contribution in [0.4, 0.5) is 0 Å². The summed E-state index contributed by atoms with van der Waals surface area (Å²) in [5, 5.41) is 3.53. The number of pyridine rings is 1. The molecule has 4 heteroatoms. The number of hydrogen-bond acceptors (Lipinski definition) is 4. The van der Waals surface area contributed by atoms with E-state index in [1.807, 2.05) is 12.4 Å². The van der Waals surface area contributed by atoms with E-state index in [0.717, 1.165) is 39.3 Å². The Morgan fingerprint density at radius 2 is 2.05 bits per heavy atom. The summed E-state index contributed by atoms with van der Waals surface area (Å²) >= 11 is 0. The summed E-state index contributed by atoms with van der Waals surface area (Å²) in [6, 6.07) is 5.38. The van der Waals surface area contributed by atoms with Gasteiger partial charge in [-0.3, -0.25) is 9.88 Å². The molecule has 20 heavy (non-hydrogen) atoms. The molecule has 1 aliphatic rings. The first-order valence-corrected chi connectivity index (χ1v) is 7.84. The van der Waals surface area contributed by atoms with Gasteiger partial charge in [-0.1, -0.05) is 13.8 Å². The molecule has 112 valence electrons. The second-order valence-electron chi connectivity index (χ2n) is 5.63. The highest BCUT2D eigenvalue weighted by molar-refractivity contribution is 5.16. The molecule has 1 aromatic rings. The van der Waals surface area contributed by atoms with Crippen LogP contribution >= 0.6 is 0 Å². The minimum absolute atomic E-state index is 0.474. The second-order valence-corrected chi connectivity index (χ2v) is 5.63. The number of nitrogens with one attached hydrogen (secondary N) is 1. The fourth-order valence-corrected chi connectivity index (χ4v) is 2.99. The SMILES string of the molecule is CCN(CC)CC(c1ccncc1)N1CCNC(C)C1. The van der Waals surface area contributed by atoms with Crippen LogP contribution in [0.2, 0.25) is 0 Å². The molecule has 0 radical (unpaired) electrons. The molecule has 1 saturated heterocycles. The monoisotopic (exact) mass is 276 g/mol. The first-order chi connectivity index (χ1) is 9.74. The summed E-state index contributed by atoms with van der Waals surface area (Å²) in [5.74, 6) is 0. The average Bonchev–Trinajstić information content (AvgIpc) is 2.49. The topological polar surface area (TPSA) is 31.4 Å². The molecule has 0 aliphatic carbocycles. The maximum atomic E-state index is 4.16. The predicted molar refractivity (Wildman–Crippen MR) is 83.8 cm³/mol. The first kappa shape index (κ1) is 15.4. The standard InChI is InChI=1S/C16H28N4/c1-4-19(5-2)13-16(15-6-8-17-9-7-15)20-11-10-18-14(3)12-20/h6-9,14,16,18H,4-5,10-13H2,1-3H3. The molecule has 2 unspecified atom stereocenters. The number of piperazine rings is 1. The van der Waals surface area contributed by atoms with Gasteiger partial charge in [0.15, 0.2) is 0 Å². The Balaban J connectivity index is 2.15. The molecule has 1 fully saturated rings. The fraction of sp³-hybridized carbons (Fsp3) is 0.688. The van der Waals surface area contributed by atoms with Crippen LogP contribution in [0.1, 0.15) is 32.4 Å². The number of nitrogens with zero attached hydrogens (tertiary/aromatic N) is 3. The summed E-state index contributed by atoms with van der Waals surface area (Å²) < 4.78 is 0. The highest BCUT2D eigenvalue weighted by Crippen LogP contribution is 2.22. The van der Waals surface area contributed by atoms with Gasteiger partial charge >= 0.3 is 0 Å². The molecule has 0 amide bonds. The molecule has 1 N–H and O–H groups in total. The Bertz CT molecular complexity index is 377. The molecule has 2 rings (SSSR count). The van der Waals surface area contributed by atoms with Crippen molar-refractivity contribution in [3.63, 3.8) is 0 Å². The van der Waals surface area contributed by atoms with E-state index in [9.17, 15) is 0 Å². The summed E-state index contributed by atoms with van der Waals surface area (Å²) in [6.45, 7) is 13.4. The average molecular weight is 276 g/mol. The summed E-state index contributed by atoms with van der Waals surface area (Å²) in [6.07, 6.45) is 3.83. The Labute approximate surface area is 123 Å². The lowest BCUT2D eigenvalue weighted by Gasteiger charge is -2.40. The minimum atomic E-state index is 0.474. The fourth-order valence-electron chi connectivity index (χ4n) is 2.99. The van der Waals surface area contributed by atoms with E-state index in [1.54, 1.807) is 0 Å². The van der Waals surface area contributed by atoms with Crippen molar-refractivity contribution in [3.05, 3.63) is 30.1 Å². The molecule has 0 bridgehead atoms. The van der Waals surface area contributed by atoms with Gasteiger partial charge in [0.25, 0.3) is 0 Å². The number of hydrogen-bond donors (Lipinski definition) is 1. The van der Waals surface area contributed by atoms with Gasteiger partial charge in [0, 0.05) is 50.7 Å². The molecular weight excluding hydrogens is 248 g/mol. The molecule has 0 aromatic carbocycles. The molecular formula is C16H28N4. The summed E-state index contributed by atoms with van der Waals surface area (Å²) in [7, 11) is 0. The Kier molecular flexibility index (Phi) is 5.95. The van der Waals surface area contributed by atoms with E-state index in [2.05, 4.69) is 53.0 Å². The van der Waals surface area contributed by atoms with Crippen molar-refractivity contribution in [2.45, 2.75) is 32.9 Å². The Hall–Kier alpha value is -0.970. The van der Waals surface area contributed by atoms with Crippen LogP contribution in [0.25, 0.3) is 0 Å². The van der Waals surface area contributed by atoms with Crippen molar-refractivity contribution in [2.24, 2.45) is 0 Å². The van der Waals surface area contributed by atoms with Crippen molar-refractivity contribution in [2.75, 3.05) is 39.3 Å². The number of rotatable bonds is 6. The van der Waals surface area contributed by atoms with Gasteiger partial charge in [0.1, 0.15) is 0 Å². The smallest absolute Gasteiger partial charge is 0.0477 e. The molecule has 1 aliphatic heterocycles. The van der Waals surface area contributed by atoms with Gasteiger partial charge in [0.05, 0.1) is 0 Å². The van der Waals surface area contributed by atoms with Gasteiger partial charge in [-0.15, -0.1) is 0 Å². The lowest BCUT2D eigenvalue weighted by Crippen LogP contribution is -2.52. The zero-order valence-electron chi connectivity index (χ0n) is 13.0. The van der Waals surface area contributed by atoms with Gasteiger partial charge < -0.3 is 10.2 Å². The minimum Gasteiger partial charge on any atom is -0.312 e. The van der Waals surface area contributed by atoms with Gasteiger partial charge in [-0.05, 0) is 37.7 Å². The highest BCUT2D eigenvalue weighted by atomic mass is 15.3. The lowest BCUT2D eigenvalue weighted by atomic mass is 10.0. The Morgan fingerprint density at radius 1 is 1.35 bits per heavy atom. The van der Waals surface area contributed by atoms with Gasteiger partial charge in [0.2, 0.25) is 0 Å². The van der Waals surface area contributed by atoms with Gasteiger partial charge in [-0.2, -0.15) is 0 Å². The molecule has 0 saturated carbocycles. The number of likely N-dealkylation sites (N-methyl/N-ethyl adjacent to an activating group) is 1. The van der Waals surface area contributed by atoms with E-state index in [-0.39, 0.29) is 0 Å². The maximum Gasteiger partial charge on any atom is 0.0477 e. The van der Waals surface area contributed by atoms with E-state index >= 15 is 0 Å². The van der Waals surface area contributed by atoms with Crippen molar-refractivity contribution in [3.8, 4) is 0 Å². The third-order valence-corrected chi connectivity index (χ3v) is 4.26. The van der Waals surface area contributed by atoms with Crippen molar-refractivity contribution < 1.29 is 0 Å². The van der Waals surface area contributed by atoms with Crippen LogP contribution < -0.4 is 5.32 Å². The molecule has 2 atom stereocenters. The van der Waals surface area contributed by atoms with Crippen LogP contribution in [0, 0.1) is 0 Å². The van der Waals surface area contributed by atoms with E-state index in [1.165, 1.54) is 5.56 Å². The van der Waals surface area contributed by atoms with E-state index in [4.69, 9.17) is 0 Å². The van der Waals surface area contributed by atoms with Crippen LogP contribution in [0.3, 0.4) is 0 Å². The lowest BCUT2D eigenvalue weighted by molar-refractivity contribution is 0.113. The maximum absolute atomic E-state index is 4.16. The Morgan fingerprint density at radius 3 is 2.65 bits per heavy atom. The molecule has 4 nitrogen and oxygen atoms in total. The first-order valence-electron chi connectivity index (χ1n) is 7.84. The zero-order valence-corrected chi connectivity index (χ0v) is 13.0. The summed E-state index contributed by atoms with van der Waals surface area (Å²) in [5.41, 5.74) is 1.39. The van der Waals surface area contributed by atoms with Crippen molar-refractivity contribution in [1.29, 1.82) is 0 Å².